The van der Waals surface area contributed by atoms with E-state index in [0.29, 0.717) is 13.1 Å². The zero-order valence-corrected chi connectivity index (χ0v) is 16.0. The van der Waals surface area contributed by atoms with Crippen molar-refractivity contribution >= 4 is 11.9 Å². The first-order valence-electron chi connectivity index (χ1n) is 9.01. The van der Waals surface area contributed by atoms with Crippen molar-refractivity contribution in [3.8, 4) is 0 Å². The second kappa shape index (κ2) is 9.00. The number of urea groups is 1. The van der Waals surface area contributed by atoms with E-state index in [1.54, 1.807) is 9.80 Å². The highest BCUT2D eigenvalue weighted by Gasteiger charge is 2.51. The van der Waals surface area contributed by atoms with Gasteiger partial charge in [0.2, 0.25) is 5.91 Å². The van der Waals surface area contributed by atoms with Crippen LogP contribution < -0.4 is 10.6 Å². The van der Waals surface area contributed by atoms with Crippen molar-refractivity contribution < 1.29 is 14.7 Å². The molecule has 0 saturated carbocycles. The minimum atomic E-state index is -0.299. The Kier molecular flexibility index (Phi) is 6.99. The summed E-state index contributed by atoms with van der Waals surface area (Å²) in [5.41, 5.74) is 1.06. The lowest BCUT2D eigenvalue weighted by Gasteiger charge is -2.54. The van der Waals surface area contributed by atoms with Crippen LogP contribution in [0, 0.1) is 0 Å². The van der Waals surface area contributed by atoms with Crippen molar-refractivity contribution in [3.05, 3.63) is 35.9 Å². The Morgan fingerprint density at radius 3 is 2.38 bits per heavy atom. The quantitative estimate of drug-likeness (QED) is 0.664. The van der Waals surface area contributed by atoms with Crippen LogP contribution in [0.25, 0.3) is 0 Å². The Morgan fingerprint density at radius 1 is 1.19 bits per heavy atom. The van der Waals surface area contributed by atoms with Gasteiger partial charge in [-0.15, -0.1) is 0 Å². The second-order valence-corrected chi connectivity index (χ2v) is 7.31. The number of likely N-dealkylation sites (N-methyl/N-ethyl adjacent to an activating group) is 1. The van der Waals surface area contributed by atoms with E-state index in [0.717, 1.165) is 5.56 Å². The van der Waals surface area contributed by atoms with Gasteiger partial charge in [0.05, 0.1) is 25.2 Å². The molecule has 1 fully saturated rings. The normalized spacial score (nSPS) is 22.3. The average molecular weight is 362 g/mol. The molecule has 0 radical (unpaired) electrons. The molecule has 1 aromatic carbocycles. The largest absolute Gasteiger partial charge is 0.394 e. The summed E-state index contributed by atoms with van der Waals surface area (Å²) in [6, 6.07) is 9.13. The van der Waals surface area contributed by atoms with E-state index in [-0.39, 0.29) is 42.6 Å². The summed E-state index contributed by atoms with van der Waals surface area (Å²) < 4.78 is 0. The lowest BCUT2D eigenvalue weighted by atomic mass is 9.75. The summed E-state index contributed by atoms with van der Waals surface area (Å²) in [5, 5.41) is 15.7. The number of aliphatic hydroxyl groups is 1. The number of aliphatic hydroxyl groups excluding tert-OH is 1. The molecule has 3 atom stereocenters. The highest BCUT2D eigenvalue weighted by molar-refractivity contribution is 5.79. The number of hydrogen-bond acceptors (Lipinski definition) is 4. The zero-order chi connectivity index (χ0) is 19.3. The van der Waals surface area contributed by atoms with Gasteiger partial charge in [-0.05, 0) is 33.5 Å². The fourth-order valence-electron chi connectivity index (χ4n) is 3.48. The van der Waals surface area contributed by atoms with Crippen LogP contribution >= 0.6 is 0 Å². The van der Waals surface area contributed by atoms with Crippen LogP contribution in [0.5, 0.6) is 0 Å². The number of carbonyl (C=O) groups is 2. The Bertz CT molecular complexity index is 606. The van der Waals surface area contributed by atoms with E-state index in [1.165, 1.54) is 0 Å². The number of carbonyl (C=O) groups excluding carboxylic acids is 2. The summed E-state index contributed by atoms with van der Waals surface area (Å²) in [5.74, 6) is -0.0998. The predicted octanol–water partition coefficient (Wildman–Crippen LogP) is 0.611. The van der Waals surface area contributed by atoms with Gasteiger partial charge in [-0.3, -0.25) is 4.79 Å². The minimum absolute atomic E-state index is 0.00148. The van der Waals surface area contributed by atoms with Crippen molar-refractivity contribution in [2.45, 2.75) is 37.9 Å². The van der Waals surface area contributed by atoms with E-state index >= 15 is 0 Å². The predicted molar refractivity (Wildman–Crippen MR) is 101 cm³/mol. The molecule has 0 aliphatic carbocycles. The smallest absolute Gasteiger partial charge is 0.318 e. The van der Waals surface area contributed by atoms with Gasteiger partial charge in [0.15, 0.2) is 0 Å². The summed E-state index contributed by atoms with van der Waals surface area (Å²) in [4.78, 5) is 28.1. The number of amides is 3. The molecule has 3 amide bonds. The SMILES string of the molecule is CC(C)NC(=O)N1[C@H](CO)[C@H](c2ccccc2)[C@H]1CNC(=O)CN(C)C. The molecule has 1 saturated heterocycles. The van der Waals surface area contributed by atoms with Gasteiger partial charge >= 0.3 is 6.03 Å². The highest BCUT2D eigenvalue weighted by atomic mass is 16.3. The summed E-state index contributed by atoms with van der Waals surface area (Å²) >= 11 is 0. The molecular weight excluding hydrogens is 332 g/mol. The Hall–Kier alpha value is -2.12. The molecule has 1 aliphatic heterocycles. The molecular formula is C19H30N4O3. The molecule has 2 rings (SSSR count). The maximum absolute atomic E-state index is 12.6. The van der Waals surface area contributed by atoms with E-state index < -0.39 is 0 Å². The molecule has 144 valence electrons. The average Bonchev–Trinajstić information content (AvgIpc) is 2.53. The van der Waals surface area contributed by atoms with Gasteiger partial charge in [-0.1, -0.05) is 30.3 Å². The molecule has 0 unspecified atom stereocenters. The molecule has 26 heavy (non-hydrogen) atoms. The van der Waals surface area contributed by atoms with Gasteiger partial charge in [-0.2, -0.15) is 0 Å². The van der Waals surface area contributed by atoms with Crippen molar-refractivity contribution in [3.63, 3.8) is 0 Å². The number of likely N-dealkylation sites (tertiary alicyclic amines) is 1. The first-order valence-corrected chi connectivity index (χ1v) is 9.01. The molecule has 1 aliphatic rings. The standard InChI is InChI=1S/C19H30N4O3/c1-13(2)21-19(26)23-15(10-20-17(25)11-22(3)4)18(16(23)12-24)14-8-6-5-7-9-14/h5-9,13,15-16,18,24H,10-12H2,1-4H3,(H,20,25)(H,21,26)/t15-,16-,18-/m1/s1. The number of rotatable bonds is 7. The molecule has 0 bridgehead atoms. The van der Waals surface area contributed by atoms with E-state index in [2.05, 4.69) is 10.6 Å². The molecule has 7 heteroatoms. The van der Waals surface area contributed by atoms with Crippen LogP contribution in [-0.4, -0.2) is 78.8 Å². The maximum Gasteiger partial charge on any atom is 0.318 e. The third-order valence-corrected chi connectivity index (χ3v) is 4.53. The first kappa shape index (κ1) is 20.2. The third kappa shape index (κ3) is 4.74. The van der Waals surface area contributed by atoms with Gasteiger partial charge in [0.25, 0.3) is 0 Å². The van der Waals surface area contributed by atoms with Crippen LogP contribution in [0.15, 0.2) is 30.3 Å². The van der Waals surface area contributed by atoms with Gasteiger partial charge < -0.3 is 25.5 Å². The molecule has 0 aromatic heterocycles. The number of benzene rings is 1. The van der Waals surface area contributed by atoms with Crippen LogP contribution in [-0.2, 0) is 4.79 Å². The number of nitrogens with one attached hydrogen (secondary N) is 2. The lowest BCUT2D eigenvalue weighted by Crippen LogP contribution is -2.70. The fraction of sp³-hybridized carbons (Fsp3) is 0.579. The first-order chi connectivity index (χ1) is 12.3. The van der Waals surface area contributed by atoms with Crippen molar-refractivity contribution in [2.24, 2.45) is 0 Å². The van der Waals surface area contributed by atoms with Crippen molar-refractivity contribution in [1.82, 2.24) is 20.4 Å². The van der Waals surface area contributed by atoms with Crippen LogP contribution in [0.3, 0.4) is 0 Å². The van der Waals surface area contributed by atoms with E-state index in [9.17, 15) is 14.7 Å². The number of nitrogens with zero attached hydrogens (tertiary/aromatic N) is 2. The Balaban J connectivity index is 2.17. The van der Waals surface area contributed by atoms with Gasteiger partial charge in [0, 0.05) is 18.5 Å². The highest BCUT2D eigenvalue weighted by Crippen LogP contribution is 2.40. The summed E-state index contributed by atoms with van der Waals surface area (Å²) in [6.45, 7) is 4.33. The zero-order valence-electron chi connectivity index (χ0n) is 16.0. The summed E-state index contributed by atoms with van der Waals surface area (Å²) in [7, 11) is 3.67. The van der Waals surface area contributed by atoms with Crippen LogP contribution in [0.4, 0.5) is 4.79 Å². The topological polar surface area (TPSA) is 84.9 Å². The Morgan fingerprint density at radius 2 is 1.85 bits per heavy atom. The van der Waals surface area contributed by atoms with E-state index in [1.807, 2.05) is 58.3 Å². The monoisotopic (exact) mass is 362 g/mol. The summed E-state index contributed by atoms with van der Waals surface area (Å²) in [6.07, 6.45) is 0. The fourth-order valence-corrected chi connectivity index (χ4v) is 3.48. The van der Waals surface area contributed by atoms with Gasteiger partial charge in [0.1, 0.15) is 0 Å². The molecule has 7 nitrogen and oxygen atoms in total. The Labute approximate surface area is 155 Å². The van der Waals surface area contributed by atoms with Crippen LogP contribution in [0.1, 0.15) is 25.3 Å². The van der Waals surface area contributed by atoms with Gasteiger partial charge in [-0.25, -0.2) is 4.79 Å². The maximum atomic E-state index is 12.6. The molecule has 0 spiro atoms. The molecule has 3 N–H and O–H groups in total. The minimum Gasteiger partial charge on any atom is -0.394 e. The molecule has 1 aromatic rings. The van der Waals surface area contributed by atoms with Crippen LogP contribution in [0.2, 0.25) is 0 Å². The molecule has 1 heterocycles. The second-order valence-electron chi connectivity index (χ2n) is 7.31. The number of hydrogen-bond donors (Lipinski definition) is 3. The lowest BCUT2D eigenvalue weighted by molar-refractivity contribution is -0.122. The van der Waals surface area contributed by atoms with Crippen molar-refractivity contribution in [1.29, 1.82) is 0 Å². The van der Waals surface area contributed by atoms with Crippen molar-refractivity contribution in [2.75, 3.05) is 33.8 Å². The van der Waals surface area contributed by atoms with E-state index in [4.69, 9.17) is 0 Å². The third-order valence-electron chi connectivity index (χ3n) is 4.53.